The SMILES string of the molecule is CCc1nccc(C(F)(F)F)c1CC.N. The molecule has 1 aromatic rings. The summed E-state index contributed by atoms with van der Waals surface area (Å²) in [6.07, 6.45) is -2.14. The topological polar surface area (TPSA) is 47.9 Å². The molecule has 0 saturated carbocycles. The molecular weight excluding hydrogens is 205 g/mol. The summed E-state index contributed by atoms with van der Waals surface area (Å²) in [5.41, 5.74) is 0.316. The van der Waals surface area contributed by atoms with Gasteiger partial charge in [-0.1, -0.05) is 13.8 Å². The maximum atomic E-state index is 12.5. The van der Waals surface area contributed by atoms with Crippen LogP contribution in [-0.4, -0.2) is 4.98 Å². The molecule has 0 atom stereocenters. The maximum absolute atomic E-state index is 12.5. The van der Waals surface area contributed by atoms with Crippen LogP contribution < -0.4 is 6.15 Å². The van der Waals surface area contributed by atoms with E-state index in [1.807, 2.05) is 6.92 Å². The molecule has 0 fully saturated rings. The second-order valence-corrected chi connectivity index (χ2v) is 2.99. The van der Waals surface area contributed by atoms with Crippen molar-refractivity contribution in [2.24, 2.45) is 0 Å². The fourth-order valence-corrected chi connectivity index (χ4v) is 1.50. The summed E-state index contributed by atoms with van der Waals surface area (Å²) in [7, 11) is 0. The predicted octanol–water partition coefficient (Wildman–Crippen LogP) is 3.39. The van der Waals surface area contributed by atoms with Gasteiger partial charge in [0.1, 0.15) is 0 Å². The number of aromatic nitrogens is 1. The van der Waals surface area contributed by atoms with Crippen LogP contribution in [0.15, 0.2) is 12.3 Å². The average Bonchev–Trinajstić information content (AvgIpc) is 2.15. The quantitative estimate of drug-likeness (QED) is 0.830. The third-order valence-corrected chi connectivity index (χ3v) is 2.14. The average molecular weight is 220 g/mol. The Morgan fingerprint density at radius 1 is 1.20 bits per heavy atom. The molecule has 5 heteroatoms. The van der Waals surface area contributed by atoms with Crippen LogP contribution in [0.2, 0.25) is 0 Å². The van der Waals surface area contributed by atoms with Gasteiger partial charge >= 0.3 is 6.18 Å². The smallest absolute Gasteiger partial charge is 0.344 e. The lowest BCUT2D eigenvalue weighted by Crippen LogP contribution is -2.11. The third-order valence-electron chi connectivity index (χ3n) is 2.14. The van der Waals surface area contributed by atoms with Crippen molar-refractivity contribution in [3.8, 4) is 0 Å². The molecule has 2 nitrogen and oxygen atoms in total. The molecule has 0 aromatic carbocycles. The van der Waals surface area contributed by atoms with Crippen LogP contribution in [0.5, 0.6) is 0 Å². The normalized spacial score (nSPS) is 11.0. The van der Waals surface area contributed by atoms with Crippen LogP contribution >= 0.6 is 0 Å². The van der Waals surface area contributed by atoms with Crippen molar-refractivity contribution in [2.45, 2.75) is 32.9 Å². The highest BCUT2D eigenvalue weighted by molar-refractivity contribution is 5.32. The summed E-state index contributed by atoms with van der Waals surface area (Å²) in [5, 5.41) is 0. The number of rotatable bonds is 2. The summed E-state index contributed by atoms with van der Waals surface area (Å²) in [4.78, 5) is 3.94. The van der Waals surface area contributed by atoms with Crippen molar-refractivity contribution >= 4 is 0 Å². The summed E-state index contributed by atoms with van der Waals surface area (Å²) in [6.45, 7) is 3.52. The predicted molar refractivity (Wildman–Crippen MR) is 53.0 cm³/mol. The lowest BCUT2D eigenvalue weighted by molar-refractivity contribution is -0.138. The molecule has 1 heterocycles. The molecule has 86 valence electrons. The molecule has 0 bridgehead atoms. The zero-order valence-electron chi connectivity index (χ0n) is 8.86. The van der Waals surface area contributed by atoms with E-state index in [-0.39, 0.29) is 6.15 Å². The maximum Gasteiger partial charge on any atom is 0.416 e. The third kappa shape index (κ3) is 2.92. The van der Waals surface area contributed by atoms with Gasteiger partial charge in [-0.05, 0) is 24.5 Å². The minimum absolute atomic E-state index is 0. The van der Waals surface area contributed by atoms with Crippen LogP contribution in [-0.2, 0) is 19.0 Å². The highest BCUT2D eigenvalue weighted by atomic mass is 19.4. The first-order chi connectivity index (χ1) is 6.50. The molecular formula is C10H15F3N2. The first-order valence-corrected chi connectivity index (χ1v) is 4.54. The molecule has 0 amide bonds. The molecule has 0 unspecified atom stereocenters. The molecule has 0 aliphatic rings. The van der Waals surface area contributed by atoms with Gasteiger partial charge in [0, 0.05) is 11.9 Å². The van der Waals surface area contributed by atoms with E-state index >= 15 is 0 Å². The number of aryl methyl sites for hydroxylation is 1. The highest BCUT2D eigenvalue weighted by Crippen LogP contribution is 2.32. The van der Waals surface area contributed by atoms with Gasteiger partial charge in [-0.3, -0.25) is 4.98 Å². The second-order valence-electron chi connectivity index (χ2n) is 2.99. The van der Waals surface area contributed by atoms with Crippen LogP contribution in [0.3, 0.4) is 0 Å². The summed E-state index contributed by atoms with van der Waals surface area (Å²) in [5.74, 6) is 0. The Kier molecular flexibility index (Phi) is 4.74. The van der Waals surface area contributed by atoms with E-state index in [4.69, 9.17) is 0 Å². The summed E-state index contributed by atoms with van der Waals surface area (Å²) < 4.78 is 37.6. The number of hydrogen-bond acceptors (Lipinski definition) is 2. The number of hydrogen-bond donors (Lipinski definition) is 1. The molecule has 15 heavy (non-hydrogen) atoms. The molecule has 0 radical (unpaired) electrons. The van der Waals surface area contributed by atoms with E-state index in [2.05, 4.69) is 4.98 Å². The lowest BCUT2D eigenvalue weighted by atomic mass is 10.0. The molecule has 1 rings (SSSR count). The van der Waals surface area contributed by atoms with Gasteiger partial charge in [0.2, 0.25) is 0 Å². The number of alkyl halides is 3. The summed E-state index contributed by atoms with van der Waals surface area (Å²) >= 11 is 0. The van der Waals surface area contributed by atoms with Crippen molar-refractivity contribution in [3.63, 3.8) is 0 Å². The van der Waals surface area contributed by atoms with Gasteiger partial charge in [0.25, 0.3) is 0 Å². The van der Waals surface area contributed by atoms with Gasteiger partial charge in [0.15, 0.2) is 0 Å². The largest absolute Gasteiger partial charge is 0.416 e. The van der Waals surface area contributed by atoms with E-state index in [1.54, 1.807) is 6.92 Å². The Labute approximate surface area is 87.1 Å². The van der Waals surface area contributed by atoms with Crippen LogP contribution in [0.25, 0.3) is 0 Å². The molecule has 0 aliphatic heterocycles. The Balaban J connectivity index is 0.00000196. The molecule has 0 spiro atoms. The standard InChI is InChI=1S/C10H12F3N.H3N/c1-3-7-8(10(11,12)13)5-6-14-9(7)4-2;/h5-6H,3-4H2,1-2H3;1H3. The minimum atomic E-state index is -4.27. The van der Waals surface area contributed by atoms with Gasteiger partial charge in [-0.2, -0.15) is 13.2 Å². The van der Waals surface area contributed by atoms with Crippen LogP contribution in [0.1, 0.15) is 30.7 Å². The Morgan fingerprint density at radius 3 is 2.20 bits per heavy atom. The zero-order valence-corrected chi connectivity index (χ0v) is 8.86. The lowest BCUT2D eigenvalue weighted by Gasteiger charge is -2.13. The number of halogens is 3. The summed E-state index contributed by atoms with van der Waals surface area (Å²) in [6, 6.07) is 1.04. The van der Waals surface area contributed by atoms with Gasteiger partial charge in [-0.25, -0.2) is 0 Å². The van der Waals surface area contributed by atoms with E-state index in [9.17, 15) is 13.2 Å². The van der Waals surface area contributed by atoms with Crippen molar-refractivity contribution in [1.82, 2.24) is 11.1 Å². The Hall–Kier alpha value is -1.10. The fraction of sp³-hybridized carbons (Fsp3) is 0.500. The van der Waals surface area contributed by atoms with Gasteiger partial charge in [0.05, 0.1) is 5.56 Å². The van der Waals surface area contributed by atoms with E-state index < -0.39 is 11.7 Å². The van der Waals surface area contributed by atoms with Gasteiger partial charge < -0.3 is 6.15 Å². The Morgan fingerprint density at radius 2 is 1.80 bits per heavy atom. The van der Waals surface area contributed by atoms with Crippen molar-refractivity contribution in [2.75, 3.05) is 0 Å². The Bertz CT molecular complexity index is 321. The zero-order chi connectivity index (χ0) is 10.8. The van der Waals surface area contributed by atoms with Gasteiger partial charge in [-0.15, -0.1) is 0 Å². The molecule has 0 saturated heterocycles. The molecule has 1 aromatic heterocycles. The van der Waals surface area contributed by atoms with E-state index in [0.29, 0.717) is 24.1 Å². The monoisotopic (exact) mass is 220 g/mol. The molecule has 3 N–H and O–H groups in total. The van der Waals surface area contributed by atoms with Crippen LogP contribution in [0, 0.1) is 0 Å². The fourth-order valence-electron chi connectivity index (χ4n) is 1.50. The minimum Gasteiger partial charge on any atom is -0.344 e. The van der Waals surface area contributed by atoms with Crippen LogP contribution in [0.4, 0.5) is 13.2 Å². The van der Waals surface area contributed by atoms with Crippen molar-refractivity contribution in [3.05, 3.63) is 29.1 Å². The first kappa shape index (κ1) is 13.9. The number of nitrogens with zero attached hydrogens (tertiary/aromatic N) is 1. The van der Waals surface area contributed by atoms with Crippen molar-refractivity contribution in [1.29, 1.82) is 0 Å². The van der Waals surface area contributed by atoms with E-state index in [1.165, 1.54) is 6.20 Å². The van der Waals surface area contributed by atoms with E-state index in [0.717, 1.165) is 6.07 Å². The van der Waals surface area contributed by atoms with Crippen molar-refractivity contribution < 1.29 is 13.2 Å². The number of pyridine rings is 1. The molecule has 0 aliphatic carbocycles. The first-order valence-electron chi connectivity index (χ1n) is 4.54. The highest BCUT2D eigenvalue weighted by Gasteiger charge is 2.33. The second kappa shape index (κ2) is 5.11.